The molecule has 1 heterocycles. The molecule has 0 aliphatic carbocycles. The van der Waals surface area contributed by atoms with Crippen molar-refractivity contribution >= 4 is 11.6 Å². The minimum Gasteiger partial charge on any atom is -0.369 e. The molecule has 0 amide bonds. The van der Waals surface area contributed by atoms with Crippen LogP contribution in [-0.2, 0) is 0 Å². The normalized spacial score (nSPS) is 22.5. The summed E-state index contributed by atoms with van der Waals surface area (Å²) in [6.45, 7) is 2.14. The molecule has 1 aliphatic rings. The van der Waals surface area contributed by atoms with Crippen molar-refractivity contribution in [3.05, 3.63) is 30.1 Å². The first-order valence-electron chi connectivity index (χ1n) is 6.64. The van der Waals surface area contributed by atoms with Gasteiger partial charge in [-0.2, -0.15) is 13.2 Å². The molecule has 3 nitrogen and oxygen atoms in total. The lowest BCUT2D eigenvalue weighted by atomic mass is 9.93. The second kappa shape index (κ2) is 5.54. The molecule has 0 aromatic heterocycles. The van der Waals surface area contributed by atoms with Gasteiger partial charge in [-0.25, -0.2) is 4.39 Å². The van der Waals surface area contributed by atoms with Gasteiger partial charge in [-0.1, -0.05) is 0 Å². The van der Waals surface area contributed by atoms with Crippen LogP contribution in [-0.4, -0.2) is 24.2 Å². The van der Waals surface area contributed by atoms with Crippen molar-refractivity contribution in [3.63, 3.8) is 0 Å². The van der Waals surface area contributed by atoms with E-state index in [0.717, 1.165) is 0 Å². The van der Waals surface area contributed by atoms with Crippen LogP contribution in [0, 0.1) is 5.82 Å². The van der Waals surface area contributed by atoms with Crippen molar-refractivity contribution in [2.24, 2.45) is 10.7 Å². The molecule has 0 fully saturated rings. The Morgan fingerprint density at radius 1 is 1.29 bits per heavy atom. The number of alkyl halides is 3. The highest BCUT2D eigenvalue weighted by Crippen LogP contribution is 2.34. The number of rotatable bonds is 4. The molecular weight excluding hydrogens is 286 g/mol. The Balaban J connectivity index is 2.13. The van der Waals surface area contributed by atoms with E-state index in [2.05, 4.69) is 4.99 Å². The number of halogens is 4. The third kappa shape index (κ3) is 3.65. The van der Waals surface area contributed by atoms with Crippen molar-refractivity contribution in [1.82, 2.24) is 0 Å². The second-order valence-electron chi connectivity index (χ2n) is 5.45. The van der Waals surface area contributed by atoms with Gasteiger partial charge >= 0.3 is 6.18 Å². The average Bonchev–Trinajstić information content (AvgIpc) is 2.65. The fourth-order valence-corrected chi connectivity index (χ4v) is 2.56. The average molecular weight is 303 g/mol. The Bertz CT molecular complexity index is 524. The maximum atomic E-state index is 13.0. The number of aliphatic imine (C=N–C) groups is 1. The quantitative estimate of drug-likeness (QED) is 0.866. The van der Waals surface area contributed by atoms with E-state index in [-0.39, 0.29) is 18.2 Å². The molecule has 0 bridgehead atoms. The third-order valence-electron chi connectivity index (χ3n) is 3.61. The molecule has 0 saturated carbocycles. The van der Waals surface area contributed by atoms with Crippen LogP contribution in [0.2, 0.25) is 0 Å². The van der Waals surface area contributed by atoms with E-state index in [0.29, 0.717) is 18.7 Å². The lowest BCUT2D eigenvalue weighted by Crippen LogP contribution is -2.50. The molecule has 0 spiro atoms. The monoisotopic (exact) mass is 303 g/mol. The number of guanidine groups is 1. The Hall–Kier alpha value is -1.79. The summed E-state index contributed by atoms with van der Waals surface area (Å²) in [5.41, 5.74) is 5.85. The zero-order valence-corrected chi connectivity index (χ0v) is 11.6. The van der Waals surface area contributed by atoms with Crippen LogP contribution >= 0.6 is 0 Å². The summed E-state index contributed by atoms with van der Waals surface area (Å²) in [5, 5.41) is 0. The molecule has 1 aromatic rings. The van der Waals surface area contributed by atoms with Gasteiger partial charge in [0, 0.05) is 12.1 Å². The van der Waals surface area contributed by atoms with Crippen LogP contribution in [0.1, 0.15) is 26.2 Å². The number of anilines is 1. The lowest BCUT2D eigenvalue weighted by Gasteiger charge is -2.36. The Kier molecular flexibility index (Phi) is 4.11. The highest BCUT2D eigenvalue weighted by molar-refractivity contribution is 5.98. The Labute approximate surface area is 120 Å². The van der Waals surface area contributed by atoms with Crippen molar-refractivity contribution in [1.29, 1.82) is 0 Å². The van der Waals surface area contributed by atoms with E-state index in [1.54, 1.807) is 17.0 Å². The van der Waals surface area contributed by atoms with E-state index in [1.807, 2.05) is 6.92 Å². The van der Waals surface area contributed by atoms with E-state index >= 15 is 0 Å². The fourth-order valence-electron chi connectivity index (χ4n) is 2.56. The molecule has 21 heavy (non-hydrogen) atoms. The van der Waals surface area contributed by atoms with E-state index in [4.69, 9.17) is 5.73 Å². The van der Waals surface area contributed by atoms with Crippen molar-refractivity contribution in [3.8, 4) is 0 Å². The van der Waals surface area contributed by atoms with Gasteiger partial charge in [0.25, 0.3) is 0 Å². The number of hydrogen-bond donors (Lipinski definition) is 1. The summed E-state index contributed by atoms with van der Waals surface area (Å²) in [5.74, 6) is -0.136. The molecular formula is C14H17F4N3. The smallest absolute Gasteiger partial charge is 0.369 e. The molecule has 116 valence electrons. The standard InChI is InChI=1S/C14H17F4N3/c1-13(7-2-8-14(16,17)18)9-20-12(19)21(13)11-5-3-10(15)4-6-11/h3-6H,2,7-9H2,1H3,(H2,19,20). The van der Waals surface area contributed by atoms with Gasteiger partial charge in [0.1, 0.15) is 5.82 Å². The summed E-state index contributed by atoms with van der Waals surface area (Å²) < 4.78 is 49.9. The minimum atomic E-state index is -4.16. The number of nitrogens with zero attached hydrogens (tertiary/aromatic N) is 2. The first-order valence-corrected chi connectivity index (χ1v) is 6.64. The highest BCUT2D eigenvalue weighted by atomic mass is 19.4. The topological polar surface area (TPSA) is 41.6 Å². The third-order valence-corrected chi connectivity index (χ3v) is 3.61. The molecule has 1 unspecified atom stereocenters. The molecule has 1 aliphatic heterocycles. The first kappa shape index (κ1) is 15.6. The summed E-state index contributed by atoms with van der Waals surface area (Å²) >= 11 is 0. The van der Waals surface area contributed by atoms with Crippen LogP contribution in [0.15, 0.2) is 29.3 Å². The minimum absolute atomic E-state index is 0.000491. The second-order valence-corrected chi connectivity index (χ2v) is 5.45. The number of hydrogen-bond acceptors (Lipinski definition) is 3. The van der Waals surface area contributed by atoms with E-state index in [1.165, 1.54) is 12.1 Å². The lowest BCUT2D eigenvalue weighted by molar-refractivity contribution is -0.136. The summed E-state index contributed by atoms with van der Waals surface area (Å²) in [6.07, 6.45) is -4.70. The summed E-state index contributed by atoms with van der Waals surface area (Å²) in [7, 11) is 0. The number of benzene rings is 1. The highest BCUT2D eigenvalue weighted by Gasteiger charge is 2.39. The number of nitrogens with two attached hydrogens (primary N) is 1. The van der Waals surface area contributed by atoms with Crippen LogP contribution in [0.5, 0.6) is 0 Å². The molecule has 2 N–H and O–H groups in total. The Morgan fingerprint density at radius 2 is 1.90 bits per heavy atom. The summed E-state index contributed by atoms with van der Waals surface area (Å²) in [6, 6.07) is 5.67. The molecule has 7 heteroatoms. The van der Waals surface area contributed by atoms with Crippen molar-refractivity contribution in [2.75, 3.05) is 11.4 Å². The van der Waals surface area contributed by atoms with Crippen LogP contribution in [0.25, 0.3) is 0 Å². The van der Waals surface area contributed by atoms with Gasteiger partial charge in [0.15, 0.2) is 5.96 Å². The predicted molar refractivity (Wildman–Crippen MR) is 73.7 cm³/mol. The zero-order valence-electron chi connectivity index (χ0n) is 11.6. The van der Waals surface area contributed by atoms with Gasteiger partial charge in [0.2, 0.25) is 0 Å². The van der Waals surface area contributed by atoms with Gasteiger partial charge in [-0.3, -0.25) is 4.99 Å². The predicted octanol–water partition coefficient (Wildman–Crippen LogP) is 3.45. The Morgan fingerprint density at radius 3 is 2.48 bits per heavy atom. The van der Waals surface area contributed by atoms with Crippen molar-refractivity contribution in [2.45, 2.75) is 37.9 Å². The molecule has 2 rings (SSSR count). The molecule has 1 atom stereocenters. The van der Waals surface area contributed by atoms with Crippen LogP contribution in [0.3, 0.4) is 0 Å². The summed E-state index contributed by atoms with van der Waals surface area (Å²) in [4.78, 5) is 5.81. The van der Waals surface area contributed by atoms with E-state index in [9.17, 15) is 17.6 Å². The largest absolute Gasteiger partial charge is 0.389 e. The maximum absolute atomic E-state index is 13.0. The van der Waals surface area contributed by atoms with Gasteiger partial charge in [-0.15, -0.1) is 0 Å². The SMILES string of the molecule is CC1(CCCC(F)(F)F)CN=C(N)N1c1ccc(F)cc1. The zero-order chi connectivity index (χ0) is 15.7. The van der Waals surface area contributed by atoms with Crippen molar-refractivity contribution < 1.29 is 17.6 Å². The molecule has 0 radical (unpaired) electrons. The first-order chi connectivity index (χ1) is 9.71. The van der Waals surface area contributed by atoms with Gasteiger partial charge in [-0.05, 0) is 44.0 Å². The maximum Gasteiger partial charge on any atom is 0.389 e. The van der Waals surface area contributed by atoms with Crippen LogP contribution in [0.4, 0.5) is 23.2 Å². The van der Waals surface area contributed by atoms with Crippen LogP contribution < -0.4 is 10.6 Å². The molecule has 1 aromatic carbocycles. The van der Waals surface area contributed by atoms with E-state index < -0.39 is 18.1 Å². The fraction of sp³-hybridized carbons (Fsp3) is 0.500. The molecule has 0 saturated heterocycles. The van der Waals surface area contributed by atoms with Gasteiger partial charge < -0.3 is 10.6 Å². The van der Waals surface area contributed by atoms with Gasteiger partial charge in [0.05, 0.1) is 12.1 Å².